The minimum Gasteiger partial charge on any atom is -0.356 e. The molecule has 3 aliphatic rings. The lowest BCUT2D eigenvalue weighted by atomic mass is 9.87. The minimum atomic E-state index is 0.480. The molecule has 1 aromatic heterocycles. The maximum Gasteiger partial charge on any atom is 0.193 e. The van der Waals surface area contributed by atoms with Crippen LogP contribution in [0.5, 0.6) is 0 Å². The Hall–Kier alpha value is -1.24. The van der Waals surface area contributed by atoms with Gasteiger partial charge in [0, 0.05) is 50.1 Å². The van der Waals surface area contributed by atoms with Gasteiger partial charge in [0.15, 0.2) is 5.96 Å². The Morgan fingerprint density at radius 3 is 2.96 bits per heavy atom. The average Bonchev–Trinajstić information content (AvgIpc) is 3.04. The first-order valence-corrected chi connectivity index (χ1v) is 11.2. The third kappa shape index (κ3) is 3.73. The largest absolute Gasteiger partial charge is 0.356 e. The highest BCUT2D eigenvalue weighted by Crippen LogP contribution is 2.42. The number of rotatable bonds is 2. The van der Waals surface area contributed by atoms with Gasteiger partial charge in [-0.05, 0) is 32.1 Å². The van der Waals surface area contributed by atoms with Crippen molar-refractivity contribution >= 4 is 17.7 Å². The van der Waals surface area contributed by atoms with Gasteiger partial charge in [0.25, 0.3) is 0 Å². The zero-order chi connectivity index (χ0) is 18.0. The molecule has 1 saturated carbocycles. The maximum atomic E-state index is 4.62. The van der Waals surface area contributed by atoms with E-state index in [0.29, 0.717) is 10.7 Å². The van der Waals surface area contributed by atoms with Gasteiger partial charge in [-0.15, -0.1) is 10.2 Å². The molecule has 1 aliphatic carbocycles. The van der Waals surface area contributed by atoms with Crippen molar-refractivity contribution in [2.45, 2.75) is 63.2 Å². The molecule has 26 heavy (non-hydrogen) atoms. The van der Waals surface area contributed by atoms with Gasteiger partial charge in [-0.25, -0.2) is 0 Å². The van der Waals surface area contributed by atoms with Crippen LogP contribution in [-0.4, -0.2) is 62.8 Å². The van der Waals surface area contributed by atoms with E-state index in [2.05, 4.69) is 48.7 Å². The summed E-state index contributed by atoms with van der Waals surface area (Å²) in [6.45, 7) is 6.35. The number of aryl methyl sites for hydroxylation is 2. The zero-order valence-electron chi connectivity index (χ0n) is 16.2. The molecule has 2 fully saturated rings. The van der Waals surface area contributed by atoms with Crippen molar-refractivity contribution < 1.29 is 0 Å². The van der Waals surface area contributed by atoms with Crippen LogP contribution in [0.2, 0.25) is 0 Å². The summed E-state index contributed by atoms with van der Waals surface area (Å²) < 4.78 is 2.76. The summed E-state index contributed by atoms with van der Waals surface area (Å²) in [7, 11) is 1.93. The SMILES string of the molecule is CN=C(NCC1CCc2nnc(C)n2C1)N1CCSC2(CCCCC2)C1. The third-order valence-electron chi connectivity index (χ3n) is 6.30. The van der Waals surface area contributed by atoms with Crippen LogP contribution in [0.3, 0.4) is 0 Å². The van der Waals surface area contributed by atoms with Crippen molar-refractivity contribution in [1.29, 1.82) is 0 Å². The van der Waals surface area contributed by atoms with E-state index in [4.69, 9.17) is 0 Å². The van der Waals surface area contributed by atoms with Crippen LogP contribution in [0.25, 0.3) is 0 Å². The maximum absolute atomic E-state index is 4.62. The topological polar surface area (TPSA) is 58.3 Å². The Labute approximate surface area is 161 Å². The van der Waals surface area contributed by atoms with Crippen molar-refractivity contribution in [2.24, 2.45) is 10.9 Å². The number of fused-ring (bicyclic) bond motifs is 1. The first kappa shape index (κ1) is 18.1. The fraction of sp³-hybridized carbons (Fsp3) is 0.842. The average molecular weight is 377 g/mol. The second-order valence-corrected chi connectivity index (χ2v) is 9.68. The Balaban J connectivity index is 1.34. The quantitative estimate of drug-likeness (QED) is 0.635. The second-order valence-electron chi connectivity index (χ2n) is 8.12. The first-order valence-electron chi connectivity index (χ1n) is 10.2. The highest BCUT2D eigenvalue weighted by atomic mass is 32.2. The van der Waals surface area contributed by atoms with E-state index < -0.39 is 0 Å². The Morgan fingerprint density at radius 1 is 1.31 bits per heavy atom. The molecule has 1 atom stereocenters. The van der Waals surface area contributed by atoms with Gasteiger partial charge in [-0.1, -0.05) is 19.3 Å². The molecule has 1 saturated heterocycles. The van der Waals surface area contributed by atoms with Crippen LogP contribution >= 0.6 is 11.8 Å². The molecule has 2 aliphatic heterocycles. The monoisotopic (exact) mass is 376 g/mol. The number of aromatic nitrogens is 3. The fourth-order valence-electron chi connectivity index (χ4n) is 4.79. The number of hydrogen-bond acceptors (Lipinski definition) is 4. The molecule has 1 aromatic rings. The van der Waals surface area contributed by atoms with E-state index in [1.165, 1.54) is 44.3 Å². The summed E-state index contributed by atoms with van der Waals surface area (Å²) in [6.07, 6.45) is 9.19. The normalized spacial score (nSPS) is 26.0. The van der Waals surface area contributed by atoms with Crippen molar-refractivity contribution in [3.8, 4) is 0 Å². The van der Waals surface area contributed by atoms with E-state index in [0.717, 1.165) is 50.2 Å². The van der Waals surface area contributed by atoms with Crippen LogP contribution < -0.4 is 5.32 Å². The molecule has 0 radical (unpaired) electrons. The molecular weight excluding hydrogens is 344 g/mol. The second kappa shape index (κ2) is 7.79. The van der Waals surface area contributed by atoms with Crippen LogP contribution in [0, 0.1) is 12.8 Å². The number of thioether (sulfide) groups is 1. The summed E-state index contributed by atoms with van der Waals surface area (Å²) in [4.78, 5) is 7.13. The van der Waals surface area contributed by atoms with Crippen molar-refractivity contribution in [2.75, 3.05) is 32.4 Å². The Bertz CT molecular complexity index is 643. The van der Waals surface area contributed by atoms with Crippen molar-refractivity contribution in [3.05, 3.63) is 11.6 Å². The van der Waals surface area contributed by atoms with Crippen LogP contribution in [0.4, 0.5) is 0 Å². The van der Waals surface area contributed by atoms with Crippen LogP contribution in [0.1, 0.15) is 50.2 Å². The van der Waals surface area contributed by atoms with Gasteiger partial charge >= 0.3 is 0 Å². The summed E-state index contributed by atoms with van der Waals surface area (Å²) >= 11 is 2.22. The molecule has 7 heteroatoms. The molecule has 0 bridgehead atoms. The number of nitrogens with one attached hydrogen (secondary N) is 1. The fourth-order valence-corrected chi connectivity index (χ4v) is 6.36. The van der Waals surface area contributed by atoms with Gasteiger partial charge in [0.2, 0.25) is 0 Å². The summed E-state index contributed by atoms with van der Waals surface area (Å²) in [5, 5.41) is 12.2. The van der Waals surface area contributed by atoms with Gasteiger partial charge in [0.05, 0.1) is 0 Å². The molecule has 3 heterocycles. The first-order chi connectivity index (χ1) is 12.7. The molecule has 1 N–H and O–H groups in total. The lowest BCUT2D eigenvalue weighted by Crippen LogP contribution is -2.54. The van der Waals surface area contributed by atoms with Gasteiger partial charge < -0.3 is 14.8 Å². The molecule has 4 rings (SSSR count). The molecule has 144 valence electrons. The molecule has 1 unspecified atom stereocenters. The van der Waals surface area contributed by atoms with Crippen molar-refractivity contribution in [3.63, 3.8) is 0 Å². The summed E-state index contributed by atoms with van der Waals surface area (Å²) in [6, 6.07) is 0. The van der Waals surface area contributed by atoms with E-state index in [-0.39, 0.29) is 0 Å². The van der Waals surface area contributed by atoms with Gasteiger partial charge in [0.1, 0.15) is 11.6 Å². The Morgan fingerprint density at radius 2 is 2.15 bits per heavy atom. The lowest BCUT2D eigenvalue weighted by Gasteiger charge is -2.45. The van der Waals surface area contributed by atoms with E-state index in [1.54, 1.807) is 0 Å². The minimum absolute atomic E-state index is 0.480. The predicted molar refractivity (Wildman–Crippen MR) is 108 cm³/mol. The third-order valence-corrected chi connectivity index (χ3v) is 7.84. The highest BCUT2D eigenvalue weighted by molar-refractivity contribution is 8.00. The molecule has 0 aromatic carbocycles. The highest BCUT2D eigenvalue weighted by Gasteiger charge is 2.38. The smallest absolute Gasteiger partial charge is 0.193 e. The number of hydrogen-bond donors (Lipinski definition) is 1. The molecule has 1 spiro atoms. The van der Waals surface area contributed by atoms with Gasteiger partial charge in [-0.2, -0.15) is 11.8 Å². The Kier molecular flexibility index (Phi) is 5.43. The van der Waals surface area contributed by atoms with E-state index >= 15 is 0 Å². The zero-order valence-corrected chi connectivity index (χ0v) is 17.0. The lowest BCUT2D eigenvalue weighted by molar-refractivity contribution is 0.289. The molecular formula is C19H32N6S. The van der Waals surface area contributed by atoms with E-state index in [9.17, 15) is 0 Å². The summed E-state index contributed by atoms with van der Waals surface area (Å²) in [5.41, 5.74) is 0. The standard InChI is InChI=1S/C19H32N6S/c1-15-22-23-17-7-6-16(13-25(15)17)12-21-18(20-2)24-10-11-26-19(14-24)8-4-3-5-9-19/h16H,3-14H2,1-2H3,(H,20,21). The molecule has 6 nitrogen and oxygen atoms in total. The van der Waals surface area contributed by atoms with Crippen LogP contribution in [0.15, 0.2) is 4.99 Å². The van der Waals surface area contributed by atoms with Gasteiger partial charge in [-0.3, -0.25) is 4.99 Å². The molecule has 0 amide bonds. The predicted octanol–water partition coefficient (Wildman–Crippen LogP) is 2.48. The van der Waals surface area contributed by atoms with E-state index in [1.807, 2.05) is 7.05 Å². The number of guanidine groups is 1. The van der Waals surface area contributed by atoms with Crippen LogP contribution in [-0.2, 0) is 13.0 Å². The number of aliphatic imine (C=N–C) groups is 1. The number of nitrogens with zero attached hydrogens (tertiary/aromatic N) is 5. The van der Waals surface area contributed by atoms with Crippen molar-refractivity contribution in [1.82, 2.24) is 25.0 Å². The summed E-state index contributed by atoms with van der Waals surface area (Å²) in [5.74, 6) is 5.14.